The summed E-state index contributed by atoms with van der Waals surface area (Å²) in [5.74, 6) is -1.10. The third-order valence-corrected chi connectivity index (χ3v) is 1.94. The summed E-state index contributed by atoms with van der Waals surface area (Å²) >= 11 is 0. The van der Waals surface area contributed by atoms with Crippen LogP contribution in [-0.4, -0.2) is 10.9 Å². The number of nitrogens with zero attached hydrogens (tertiary/aromatic N) is 2. The first-order valence-corrected chi connectivity index (χ1v) is 4.67. The van der Waals surface area contributed by atoms with E-state index >= 15 is 0 Å². The Bertz CT molecular complexity index is 390. The van der Waals surface area contributed by atoms with Crippen LogP contribution in [0.2, 0.25) is 0 Å². The number of aryl methyl sites for hydroxylation is 1. The fraction of sp³-hybridized carbons (Fsp3) is 0.500. The third-order valence-electron chi connectivity index (χ3n) is 1.94. The maximum absolute atomic E-state index is 11.6. The van der Waals surface area contributed by atoms with Gasteiger partial charge in [-0.25, -0.2) is 0 Å². The number of nitrogens with one attached hydrogen (secondary N) is 1. The van der Waals surface area contributed by atoms with Gasteiger partial charge >= 0.3 is 6.01 Å². The number of anilines is 1. The quantitative estimate of drug-likeness (QED) is 0.818. The maximum atomic E-state index is 11.6. The molecule has 80 valence electrons. The van der Waals surface area contributed by atoms with E-state index in [0.717, 1.165) is 0 Å². The van der Waals surface area contributed by atoms with Crippen LogP contribution in [0.5, 0.6) is 0 Å². The molecule has 1 aromatic rings. The molecule has 0 aliphatic heterocycles. The van der Waals surface area contributed by atoms with Crippen LogP contribution in [0.1, 0.15) is 19.5 Å². The van der Waals surface area contributed by atoms with Gasteiger partial charge in [-0.2, -0.15) is 10.2 Å². The van der Waals surface area contributed by atoms with E-state index in [1.54, 1.807) is 6.92 Å². The van der Waals surface area contributed by atoms with Gasteiger partial charge in [0, 0.05) is 0 Å². The predicted octanol–water partition coefficient (Wildman–Crippen LogP) is 1.72. The molecular weight excluding hydrogens is 194 g/mol. The number of hydrogen-bond acceptors (Lipinski definition) is 4. The molecule has 0 aromatic carbocycles. The van der Waals surface area contributed by atoms with Crippen LogP contribution in [0.25, 0.3) is 0 Å². The Hall–Kier alpha value is -1.83. The number of hydrogen-bond donors (Lipinski definition) is 1. The molecule has 0 spiro atoms. The summed E-state index contributed by atoms with van der Waals surface area (Å²) in [7, 11) is 0. The molecule has 0 bridgehead atoms. The summed E-state index contributed by atoms with van der Waals surface area (Å²) in [6, 6.07) is 2.08. The average molecular weight is 207 g/mol. The van der Waals surface area contributed by atoms with Crippen molar-refractivity contribution in [1.29, 1.82) is 5.26 Å². The number of carbonyl (C=O) groups excluding carboxylic acids is 1. The molecule has 1 heterocycles. The lowest BCUT2D eigenvalue weighted by Crippen LogP contribution is -2.25. The van der Waals surface area contributed by atoms with Crippen molar-refractivity contribution in [2.24, 2.45) is 11.8 Å². The second-order valence-electron chi connectivity index (χ2n) is 3.63. The largest absolute Gasteiger partial charge is 0.432 e. The van der Waals surface area contributed by atoms with E-state index in [9.17, 15) is 4.79 Å². The van der Waals surface area contributed by atoms with Crippen molar-refractivity contribution >= 4 is 11.9 Å². The summed E-state index contributed by atoms with van der Waals surface area (Å²) < 4.78 is 4.96. The second-order valence-corrected chi connectivity index (χ2v) is 3.63. The molecule has 1 N–H and O–H groups in total. The molecule has 0 aliphatic carbocycles. The van der Waals surface area contributed by atoms with Crippen molar-refractivity contribution in [1.82, 2.24) is 4.98 Å². The van der Waals surface area contributed by atoms with E-state index in [4.69, 9.17) is 9.68 Å². The van der Waals surface area contributed by atoms with Crippen LogP contribution >= 0.6 is 0 Å². The van der Waals surface area contributed by atoms with Gasteiger partial charge in [-0.05, 0) is 12.8 Å². The van der Waals surface area contributed by atoms with Crippen LogP contribution in [0, 0.1) is 30.1 Å². The molecule has 0 saturated heterocycles. The number of oxazole rings is 1. The molecule has 1 amide bonds. The lowest BCUT2D eigenvalue weighted by molar-refractivity contribution is -0.119. The van der Waals surface area contributed by atoms with Crippen molar-refractivity contribution in [2.75, 3.05) is 5.32 Å². The molecular formula is C10H13N3O2. The van der Waals surface area contributed by atoms with Gasteiger partial charge in [0.1, 0.15) is 12.2 Å². The molecule has 0 radical (unpaired) electrons. The minimum absolute atomic E-state index is 0.0361. The minimum Gasteiger partial charge on any atom is -0.432 e. The summed E-state index contributed by atoms with van der Waals surface area (Å²) in [5, 5.41) is 11.2. The zero-order valence-electron chi connectivity index (χ0n) is 8.94. The first-order chi connectivity index (χ1) is 7.04. The number of amides is 1. The lowest BCUT2D eigenvalue weighted by atomic mass is 9.97. The van der Waals surface area contributed by atoms with Crippen LogP contribution in [0.3, 0.4) is 0 Å². The Morgan fingerprint density at radius 1 is 1.67 bits per heavy atom. The van der Waals surface area contributed by atoms with E-state index in [0.29, 0.717) is 5.69 Å². The number of carbonyl (C=O) groups is 1. The Morgan fingerprint density at radius 2 is 2.33 bits per heavy atom. The average Bonchev–Trinajstić information content (AvgIpc) is 2.51. The SMILES string of the molecule is Cc1coc(NC(=O)C(C#N)C(C)C)n1. The van der Waals surface area contributed by atoms with Gasteiger partial charge in [0.2, 0.25) is 5.91 Å². The van der Waals surface area contributed by atoms with E-state index in [1.807, 2.05) is 19.9 Å². The lowest BCUT2D eigenvalue weighted by Gasteiger charge is -2.10. The molecule has 0 fully saturated rings. The Labute approximate surface area is 88.1 Å². The normalized spacial score (nSPS) is 12.2. The summed E-state index contributed by atoms with van der Waals surface area (Å²) in [5.41, 5.74) is 0.684. The van der Waals surface area contributed by atoms with Crippen molar-refractivity contribution in [2.45, 2.75) is 20.8 Å². The molecule has 0 aliphatic rings. The predicted molar refractivity (Wildman–Crippen MR) is 53.8 cm³/mol. The smallest absolute Gasteiger partial charge is 0.301 e. The third kappa shape index (κ3) is 2.81. The van der Waals surface area contributed by atoms with Crippen molar-refractivity contribution < 1.29 is 9.21 Å². The van der Waals surface area contributed by atoms with E-state index in [2.05, 4.69) is 10.3 Å². The Morgan fingerprint density at radius 3 is 2.73 bits per heavy atom. The molecule has 15 heavy (non-hydrogen) atoms. The van der Waals surface area contributed by atoms with E-state index < -0.39 is 5.92 Å². The minimum atomic E-state index is -0.683. The fourth-order valence-electron chi connectivity index (χ4n) is 1.10. The maximum Gasteiger partial charge on any atom is 0.301 e. The van der Waals surface area contributed by atoms with Gasteiger partial charge in [0.25, 0.3) is 0 Å². The van der Waals surface area contributed by atoms with Crippen LogP contribution < -0.4 is 5.32 Å². The van der Waals surface area contributed by atoms with Gasteiger partial charge in [-0.3, -0.25) is 10.1 Å². The van der Waals surface area contributed by atoms with E-state index in [1.165, 1.54) is 6.26 Å². The van der Waals surface area contributed by atoms with Crippen LogP contribution in [-0.2, 0) is 4.79 Å². The number of nitriles is 1. The Kier molecular flexibility index (Phi) is 3.45. The van der Waals surface area contributed by atoms with Gasteiger partial charge < -0.3 is 4.42 Å². The molecule has 0 saturated carbocycles. The van der Waals surface area contributed by atoms with E-state index in [-0.39, 0.29) is 17.8 Å². The molecule has 1 rings (SSSR count). The number of rotatable bonds is 3. The standard InChI is InChI=1S/C10H13N3O2/c1-6(2)8(4-11)9(14)13-10-12-7(3)5-15-10/h5-6,8H,1-3H3,(H,12,13,14). The highest BCUT2D eigenvalue weighted by atomic mass is 16.4. The summed E-state index contributed by atoms with van der Waals surface area (Å²) in [4.78, 5) is 15.5. The van der Waals surface area contributed by atoms with Crippen LogP contribution in [0.15, 0.2) is 10.7 Å². The monoisotopic (exact) mass is 207 g/mol. The topological polar surface area (TPSA) is 78.9 Å². The second kappa shape index (κ2) is 4.60. The first-order valence-electron chi connectivity index (χ1n) is 4.67. The van der Waals surface area contributed by atoms with Gasteiger partial charge in [0.15, 0.2) is 0 Å². The van der Waals surface area contributed by atoms with Crippen molar-refractivity contribution in [3.8, 4) is 6.07 Å². The van der Waals surface area contributed by atoms with Crippen molar-refractivity contribution in [3.05, 3.63) is 12.0 Å². The number of aromatic nitrogens is 1. The van der Waals surface area contributed by atoms with Gasteiger partial charge in [-0.1, -0.05) is 13.8 Å². The summed E-state index contributed by atoms with van der Waals surface area (Å²) in [6.07, 6.45) is 1.44. The van der Waals surface area contributed by atoms with Gasteiger partial charge in [-0.15, -0.1) is 0 Å². The Balaban J connectivity index is 2.67. The van der Waals surface area contributed by atoms with Crippen LogP contribution in [0.4, 0.5) is 6.01 Å². The molecule has 5 nitrogen and oxygen atoms in total. The molecule has 1 atom stereocenters. The zero-order chi connectivity index (χ0) is 11.4. The highest BCUT2D eigenvalue weighted by Gasteiger charge is 2.22. The van der Waals surface area contributed by atoms with Gasteiger partial charge in [0.05, 0.1) is 11.8 Å². The molecule has 1 aromatic heterocycles. The zero-order valence-corrected chi connectivity index (χ0v) is 8.94. The molecule has 1 unspecified atom stereocenters. The summed E-state index contributed by atoms with van der Waals surface area (Å²) in [6.45, 7) is 5.38. The fourth-order valence-corrected chi connectivity index (χ4v) is 1.10. The van der Waals surface area contributed by atoms with Crippen molar-refractivity contribution in [3.63, 3.8) is 0 Å². The highest BCUT2D eigenvalue weighted by Crippen LogP contribution is 2.13. The molecule has 5 heteroatoms. The first kappa shape index (κ1) is 11.2. The highest BCUT2D eigenvalue weighted by molar-refractivity contribution is 5.92.